The fourth-order valence-electron chi connectivity index (χ4n) is 19.7. The maximum atomic E-state index is 5.18. The second-order valence-corrected chi connectivity index (χ2v) is 35.7. The quantitative estimate of drug-likeness (QED) is 0.100. The molecular formula is C123H78N14S. The molecule has 27 rings (SSSR count). The Balaban J connectivity index is 0.000000110. The Morgan fingerprint density at radius 2 is 0.529 bits per heavy atom. The van der Waals surface area contributed by atoms with Crippen molar-refractivity contribution < 1.29 is 0 Å². The van der Waals surface area contributed by atoms with E-state index < -0.39 is 0 Å². The lowest BCUT2D eigenvalue weighted by molar-refractivity contribution is 1.07. The molecule has 7 aromatic heterocycles. The maximum Gasteiger partial charge on any atom is 0.164 e. The molecule has 0 N–H and O–H groups in total. The van der Waals surface area contributed by atoms with Gasteiger partial charge in [0.05, 0.1) is 17.1 Å². The minimum absolute atomic E-state index is 0.635. The van der Waals surface area contributed by atoms with Crippen LogP contribution in [0.1, 0.15) is 33.4 Å². The van der Waals surface area contributed by atoms with E-state index >= 15 is 0 Å². The molecule has 0 atom stereocenters. The normalized spacial score (nSPS) is 11.8. The number of benzene rings is 17. The summed E-state index contributed by atoms with van der Waals surface area (Å²) in [5.41, 5.74) is 34.6. The van der Waals surface area contributed by atoms with Crippen molar-refractivity contribution in [1.82, 2.24) is 69.8 Å². The average molecular weight is 1780 g/mol. The van der Waals surface area contributed by atoms with E-state index in [9.17, 15) is 0 Å². The molecule has 17 aromatic carbocycles. The first-order chi connectivity index (χ1) is 68.4. The average Bonchev–Trinajstić information content (AvgIpc) is 1.46. The highest BCUT2D eigenvalue weighted by Crippen LogP contribution is 2.49. The van der Waals surface area contributed by atoms with Crippen molar-refractivity contribution >= 4 is 53.1 Å². The Hall–Kier alpha value is -18.2. The molecule has 0 unspecified atom stereocenters. The highest BCUT2D eigenvalue weighted by molar-refractivity contribution is 7.25. The molecule has 15 heteroatoms. The lowest BCUT2D eigenvalue weighted by Crippen LogP contribution is -2.01. The van der Waals surface area contributed by atoms with Crippen LogP contribution in [-0.4, -0.2) is 69.8 Å². The van der Waals surface area contributed by atoms with Gasteiger partial charge < -0.3 is 0 Å². The zero-order valence-corrected chi connectivity index (χ0v) is 75.2. The Morgan fingerprint density at radius 1 is 0.181 bits per heavy atom. The van der Waals surface area contributed by atoms with Crippen molar-refractivity contribution in [3.63, 3.8) is 0 Å². The van der Waals surface area contributed by atoms with Crippen LogP contribution in [0.5, 0.6) is 0 Å². The zero-order valence-electron chi connectivity index (χ0n) is 74.4. The molecule has 0 fully saturated rings. The molecule has 14 nitrogen and oxygen atoms in total. The maximum absolute atomic E-state index is 5.18. The largest absolute Gasteiger partial charge is 0.256 e. The van der Waals surface area contributed by atoms with Crippen LogP contribution >= 0.6 is 11.3 Å². The van der Waals surface area contributed by atoms with Crippen LogP contribution in [-0.2, 0) is 19.3 Å². The first kappa shape index (κ1) is 81.8. The van der Waals surface area contributed by atoms with Gasteiger partial charge in [-0.25, -0.2) is 64.8 Å². The van der Waals surface area contributed by atoms with Gasteiger partial charge in [0.25, 0.3) is 0 Å². The number of nitrogens with zero attached hydrogens (tertiary/aromatic N) is 14. The van der Waals surface area contributed by atoms with Crippen LogP contribution in [0.25, 0.3) is 234 Å². The van der Waals surface area contributed by atoms with Gasteiger partial charge in [0.2, 0.25) is 0 Å². The van der Waals surface area contributed by atoms with Gasteiger partial charge in [0.1, 0.15) is 12.7 Å². The Morgan fingerprint density at radius 3 is 1.03 bits per heavy atom. The summed E-state index contributed by atoms with van der Waals surface area (Å²) >= 11 is 1.81. The third-order valence-corrected chi connectivity index (χ3v) is 27.4. The van der Waals surface area contributed by atoms with Crippen molar-refractivity contribution in [1.29, 1.82) is 0 Å². The second-order valence-electron chi connectivity index (χ2n) is 34.6. The molecule has 0 aliphatic heterocycles. The van der Waals surface area contributed by atoms with Crippen LogP contribution in [0.15, 0.2) is 438 Å². The van der Waals surface area contributed by atoms with Crippen molar-refractivity contribution in [3.05, 3.63) is 471 Å². The lowest BCUT2D eigenvalue weighted by Gasteiger charge is -2.15. The summed E-state index contributed by atoms with van der Waals surface area (Å²) < 4.78 is 2.50. The number of hydrogen-bond donors (Lipinski definition) is 0. The molecule has 0 spiro atoms. The summed E-state index contributed by atoms with van der Waals surface area (Å²) in [7, 11) is 0. The topological polar surface area (TPSA) is 180 Å². The smallest absolute Gasteiger partial charge is 0.164 e. The van der Waals surface area contributed by atoms with Crippen LogP contribution in [0.3, 0.4) is 0 Å². The molecule has 0 radical (unpaired) electrons. The fourth-order valence-corrected chi connectivity index (χ4v) is 20.7. The molecule has 138 heavy (non-hydrogen) atoms. The molecule has 3 aliphatic rings. The van der Waals surface area contributed by atoms with Crippen molar-refractivity contribution in [2.45, 2.75) is 19.3 Å². The lowest BCUT2D eigenvalue weighted by atomic mass is 9.90. The van der Waals surface area contributed by atoms with E-state index in [4.69, 9.17) is 49.8 Å². The predicted molar refractivity (Wildman–Crippen MR) is 557 cm³/mol. The standard InChI is InChI=1S/C43H28N4.C42H27N5.C38H23N5S/c1-3-12-28(13-4-1)30-16-9-17-32(26-30)42-45-41(29-14-5-2-6-15-29)46-43(47-42)38-24-23-36(33-19-7-8-20-34(33)38)35-21-10-22-37-39(35)27-31-18-11-25-44-40(31)37;1-3-11-27(12-4-1)29-16-9-17-31(21-29)41-45-40(28-13-5-2-6-14-28)46-42(47-41)38-23-32(22-30-15-7-8-18-34(30)38)35-19-10-20-36-37(35)24-33-25-43-26-44-39(33)36;1-3-8-23(9-4-1)36-41-37(24-10-5-2-6-11-24)43-38(42-36)26-15-17-34-32(19-26)31-18-25(14-16-33(31)44-34)28-12-7-13-29-30(28)20-27-21-39-22-40-35(27)29/h1-26H,27H2;1-23,25-26H,24H2;1-19,21-22H,20H2. The summed E-state index contributed by atoms with van der Waals surface area (Å²) in [6.45, 7) is 0. The van der Waals surface area contributed by atoms with E-state index in [2.05, 4.69) is 287 Å². The molecular weight excluding hydrogens is 1710 g/mol. The number of pyridine rings is 1. The minimum Gasteiger partial charge on any atom is -0.256 e. The van der Waals surface area contributed by atoms with E-state index in [0.717, 1.165) is 141 Å². The Bertz CT molecular complexity index is 8810. The predicted octanol–water partition coefficient (Wildman–Crippen LogP) is 29.3. The van der Waals surface area contributed by atoms with Crippen LogP contribution < -0.4 is 0 Å². The number of thiophene rings is 1. The van der Waals surface area contributed by atoms with Crippen LogP contribution in [0.4, 0.5) is 0 Å². The van der Waals surface area contributed by atoms with Crippen LogP contribution in [0.2, 0.25) is 0 Å². The van der Waals surface area contributed by atoms with Crippen LogP contribution in [0, 0.1) is 0 Å². The molecule has 0 saturated carbocycles. The van der Waals surface area contributed by atoms with Gasteiger partial charge in [-0.2, -0.15) is 0 Å². The van der Waals surface area contributed by atoms with Gasteiger partial charge in [0.15, 0.2) is 52.4 Å². The highest BCUT2D eigenvalue weighted by Gasteiger charge is 2.29. The number of hydrogen-bond acceptors (Lipinski definition) is 15. The van der Waals surface area contributed by atoms with E-state index in [0.29, 0.717) is 52.4 Å². The molecule has 24 aromatic rings. The fraction of sp³-hybridized carbons (Fsp3) is 0.0244. The van der Waals surface area contributed by atoms with E-state index in [1.165, 1.54) is 92.5 Å². The number of fused-ring (bicyclic) bond motifs is 14. The molecule has 646 valence electrons. The molecule has 0 saturated heterocycles. The monoisotopic (exact) mass is 1780 g/mol. The highest BCUT2D eigenvalue weighted by atomic mass is 32.1. The van der Waals surface area contributed by atoms with Crippen molar-refractivity contribution in [2.75, 3.05) is 0 Å². The van der Waals surface area contributed by atoms with Gasteiger partial charge in [-0.1, -0.05) is 340 Å². The number of aromatic nitrogens is 14. The molecule has 0 bridgehead atoms. The van der Waals surface area contributed by atoms with Crippen molar-refractivity contribution in [2.24, 2.45) is 0 Å². The summed E-state index contributed by atoms with van der Waals surface area (Å²) in [5.74, 6) is 5.84. The third kappa shape index (κ3) is 15.5. The first-order valence-corrected chi connectivity index (χ1v) is 46.9. The number of rotatable bonds is 14. The summed E-state index contributed by atoms with van der Waals surface area (Å²) in [4.78, 5) is 67.8. The minimum atomic E-state index is 0.635. The molecule has 0 amide bonds. The van der Waals surface area contributed by atoms with Gasteiger partial charge >= 0.3 is 0 Å². The molecule has 3 aliphatic carbocycles. The Labute approximate surface area is 799 Å². The Kier molecular flexibility index (Phi) is 21.0. The van der Waals surface area contributed by atoms with E-state index in [-0.39, 0.29) is 0 Å². The van der Waals surface area contributed by atoms with Gasteiger partial charge in [-0.05, 0) is 166 Å². The van der Waals surface area contributed by atoms with Gasteiger partial charge in [-0.15, -0.1) is 11.3 Å². The van der Waals surface area contributed by atoms with E-state index in [1.54, 1.807) is 12.7 Å². The summed E-state index contributed by atoms with van der Waals surface area (Å²) in [5, 5.41) is 6.92. The van der Waals surface area contributed by atoms with Gasteiger partial charge in [-0.3, -0.25) is 4.98 Å². The van der Waals surface area contributed by atoms with E-state index in [1.807, 2.05) is 169 Å². The SMILES string of the molecule is c1ccc(-c2cccc(-c3nc(-c4ccccc4)nc(-c4cc(-c5cccc6c5Cc5cncnc5-6)cc5ccccc45)n3)c2)cc1.c1ccc(-c2cccc(-c3nc(-c4ccccc4)nc(-c4ccc(-c5cccc6c5Cc5cccnc5-6)c5ccccc45)n3)c2)cc1.c1ccc(-c2nc(-c3ccccc3)nc(-c3ccc4sc5ccc(-c6cccc7c6Cc6cncnc6-7)cc5c4c3)n2)cc1. The molecule has 7 heterocycles. The third-order valence-electron chi connectivity index (χ3n) is 26.3. The zero-order chi connectivity index (χ0) is 91.4. The van der Waals surface area contributed by atoms with Gasteiger partial charge in [0, 0.05) is 136 Å². The first-order valence-electron chi connectivity index (χ1n) is 46.1. The van der Waals surface area contributed by atoms with Crippen molar-refractivity contribution in [3.8, 4) is 192 Å². The summed E-state index contributed by atoms with van der Waals surface area (Å²) in [6, 6.07) is 141. The summed E-state index contributed by atoms with van der Waals surface area (Å²) in [6.07, 6.45) is 11.6. The second kappa shape index (κ2) is 35.4.